The zero-order valence-corrected chi connectivity index (χ0v) is 12.9. The number of ether oxygens (including phenoxy) is 1. The van der Waals surface area contributed by atoms with Gasteiger partial charge in [-0.05, 0) is 36.0 Å². The first-order valence-corrected chi connectivity index (χ1v) is 7.59. The quantitative estimate of drug-likeness (QED) is 0.918. The number of nitrogens with zero attached hydrogens (tertiary/aromatic N) is 1. The van der Waals surface area contributed by atoms with Gasteiger partial charge >= 0.3 is 0 Å². The topological polar surface area (TPSA) is 32.7 Å². The molecule has 3 heteroatoms. The molecule has 0 saturated carbocycles. The third-order valence-electron chi connectivity index (χ3n) is 3.97. The van der Waals surface area contributed by atoms with Crippen LogP contribution in [0.4, 0.5) is 0 Å². The van der Waals surface area contributed by atoms with E-state index in [0.29, 0.717) is 6.10 Å². The van der Waals surface area contributed by atoms with Crippen LogP contribution in [0.15, 0.2) is 24.3 Å². The molecule has 0 bridgehead atoms. The standard InChI is InChI=1S/C17H27NO2/c1-17(2,3)14-4-6-15(7-5-14)20-16-8-10-18(11-9-16)12-13-19/h4-7,16,19H,8-13H2,1-3H3. The van der Waals surface area contributed by atoms with Crippen LogP contribution in [0.1, 0.15) is 39.2 Å². The monoisotopic (exact) mass is 277 g/mol. The summed E-state index contributed by atoms with van der Waals surface area (Å²) in [6.45, 7) is 9.74. The van der Waals surface area contributed by atoms with Gasteiger partial charge in [-0.25, -0.2) is 0 Å². The number of benzene rings is 1. The van der Waals surface area contributed by atoms with Crippen LogP contribution in [0.5, 0.6) is 5.75 Å². The maximum atomic E-state index is 8.94. The lowest BCUT2D eigenvalue weighted by atomic mass is 9.87. The number of aliphatic hydroxyl groups excluding tert-OH is 1. The van der Waals surface area contributed by atoms with Crippen molar-refractivity contribution >= 4 is 0 Å². The van der Waals surface area contributed by atoms with Crippen LogP contribution in [0.2, 0.25) is 0 Å². The average Bonchev–Trinajstić information content (AvgIpc) is 2.41. The summed E-state index contributed by atoms with van der Waals surface area (Å²) in [5, 5.41) is 8.94. The van der Waals surface area contributed by atoms with E-state index >= 15 is 0 Å². The Morgan fingerprint density at radius 3 is 2.25 bits per heavy atom. The Bertz CT molecular complexity index is 400. The molecule has 112 valence electrons. The van der Waals surface area contributed by atoms with Crippen molar-refractivity contribution in [3.8, 4) is 5.75 Å². The Labute approximate surface area is 122 Å². The Morgan fingerprint density at radius 1 is 1.15 bits per heavy atom. The summed E-state index contributed by atoms with van der Waals surface area (Å²) in [6, 6.07) is 8.49. The predicted molar refractivity (Wildman–Crippen MR) is 82.3 cm³/mol. The van der Waals surface area contributed by atoms with E-state index in [1.54, 1.807) is 0 Å². The van der Waals surface area contributed by atoms with Crippen molar-refractivity contribution in [1.82, 2.24) is 4.90 Å². The predicted octanol–water partition coefficient (Wildman–Crippen LogP) is 2.82. The van der Waals surface area contributed by atoms with Crippen molar-refractivity contribution in [3.05, 3.63) is 29.8 Å². The number of likely N-dealkylation sites (tertiary alicyclic amines) is 1. The molecule has 0 aromatic heterocycles. The van der Waals surface area contributed by atoms with Crippen molar-refractivity contribution in [2.45, 2.75) is 45.1 Å². The minimum absolute atomic E-state index is 0.189. The van der Waals surface area contributed by atoms with E-state index in [-0.39, 0.29) is 12.0 Å². The molecule has 0 aliphatic carbocycles. The van der Waals surface area contributed by atoms with Gasteiger partial charge in [0.1, 0.15) is 11.9 Å². The number of piperidine rings is 1. The lowest BCUT2D eigenvalue weighted by Crippen LogP contribution is -2.39. The first kappa shape index (κ1) is 15.3. The van der Waals surface area contributed by atoms with Crippen LogP contribution >= 0.6 is 0 Å². The molecule has 1 saturated heterocycles. The summed E-state index contributed by atoms with van der Waals surface area (Å²) in [6.07, 6.45) is 2.40. The lowest BCUT2D eigenvalue weighted by molar-refractivity contribution is 0.0889. The van der Waals surface area contributed by atoms with Crippen LogP contribution in [0, 0.1) is 0 Å². The smallest absolute Gasteiger partial charge is 0.119 e. The summed E-state index contributed by atoms with van der Waals surface area (Å²) in [4.78, 5) is 2.29. The summed E-state index contributed by atoms with van der Waals surface area (Å²) in [5.74, 6) is 0.971. The van der Waals surface area contributed by atoms with Gasteiger partial charge in [-0.2, -0.15) is 0 Å². The third kappa shape index (κ3) is 4.22. The highest BCUT2D eigenvalue weighted by atomic mass is 16.5. The fraction of sp³-hybridized carbons (Fsp3) is 0.647. The van der Waals surface area contributed by atoms with Crippen molar-refractivity contribution in [3.63, 3.8) is 0 Å². The van der Waals surface area contributed by atoms with Gasteiger partial charge < -0.3 is 14.7 Å². The van der Waals surface area contributed by atoms with E-state index in [1.807, 2.05) is 0 Å². The average molecular weight is 277 g/mol. The van der Waals surface area contributed by atoms with E-state index in [1.165, 1.54) is 5.56 Å². The Kier molecular flexibility index (Phi) is 5.06. The van der Waals surface area contributed by atoms with Crippen molar-refractivity contribution in [2.75, 3.05) is 26.2 Å². The second-order valence-corrected chi connectivity index (χ2v) is 6.66. The van der Waals surface area contributed by atoms with Crippen LogP contribution in [0.25, 0.3) is 0 Å². The summed E-state index contributed by atoms with van der Waals surface area (Å²) < 4.78 is 6.06. The molecule has 0 amide bonds. The molecule has 1 aliphatic heterocycles. The molecule has 1 heterocycles. The van der Waals surface area contributed by atoms with E-state index in [2.05, 4.69) is 49.9 Å². The highest BCUT2D eigenvalue weighted by molar-refractivity contribution is 5.31. The Balaban J connectivity index is 1.85. The summed E-state index contributed by atoms with van der Waals surface area (Å²) in [5.41, 5.74) is 1.52. The fourth-order valence-electron chi connectivity index (χ4n) is 2.62. The zero-order valence-electron chi connectivity index (χ0n) is 12.9. The highest BCUT2D eigenvalue weighted by Gasteiger charge is 2.20. The van der Waals surface area contributed by atoms with Gasteiger partial charge in [0, 0.05) is 19.6 Å². The van der Waals surface area contributed by atoms with Crippen molar-refractivity contribution in [1.29, 1.82) is 0 Å². The lowest BCUT2D eigenvalue weighted by Gasteiger charge is -2.31. The second kappa shape index (κ2) is 6.59. The number of hydrogen-bond acceptors (Lipinski definition) is 3. The van der Waals surface area contributed by atoms with E-state index in [0.717, 1.165) is 38.2 Å². The van der Waals surface area contributed by atoms with E-state index in [9.17, 15) is 0 Å². The van der Waals surface area contributed by atoms with Crippen LogP contribution < -0.4 is 4.74 Å². The summed E-state index contributed by atoms with van der Waals surface area (Å²) >= 11 is 0. The molecule has 1 aliphatic rings. The molecule has 1 N–H and O–H groups in total. The largest absolute Gasteiger partial charge is 0.490 e. The van der Waals surface area contributed by atoms with Gasteiger partial charge in [-0.1, -0.05) is 32.9 Å². The van der Waals surface area contributed by atoms with Crippen molar-refractivity contribution < 1.29 is 9.84 Å². The SMILES string of the molecule is CC(C)(C)c1ccc(OC2CCN(CCO)CC2)cc1. The van der Waals surface area contributed by atoms with Crippen LogP contribution in [-0.4, -0.2) is 42.4 Å². The first-order chi connectivity index (χ1) is 9.49. The van der Waals surface area contributed by atoms with Gasteiger partial charge in [-0.3, -0.25) is 0 Å². The molecule has 0 radical (unpaired) electrons. The van der Waals surface area contributed by atoms with Crippen LogP contribution in [-0.2, 0) is 5.41 Å². The first-order valence-electron chi connectivity index (χ1n) is 7.59. The highest BCUT2D eigenvalue weighted by Crippen LogP contribution is 2.25. The van der Waals surface area contributed by atoms with E-state index in [4.69, 9.17) is 9.84 Å². The number of β-amino-alcohol motifs (C(OH)–C–C–N with tert-alkyl or cyclic N) is 1. The number of hydrogen-bond donors (Lipinski definition) is 1. The maximum absolute atomic E-state index is 8.94. The van der Waals surface area contributed by atoms with Gasteiger partial charge in [0.25, 0.3) is 0 Å². The Morgan fingerprint density at radius 2 is 1.75 bits per heavy atom. The van der Waals surface area contributed by atoms with Gasteiger partial charge in [0.2, 0.25) is 0 Å². The fourth-order valence-corrected chi connectivity index (χ4v) is 2.62. The van der Waals surface area contributed by atoms with Crippen molar-refractivity contribution in [2.24, 2.45) is 0 Å². The maximum Gasteiger partial charge on any atom is 0.119 e. The molecule has 1 aromatic carbocycles. The minimum atomic E-state index is 0.189. The van der Waals surface area contributed by atoms with Crippen LogP contribution in [0.3, 0.4) is 0 Å². The molecule has 3 nitrogen and oxygen atoms in total. The van der Waals surface area contributed by atoms with Gasteiger partial charge in [0.05, 0.1) is 6.61 Å². The molecule has 20 heavy (non-hydrogen) atoms. The molecule has 0 spiro atoms. The van der Waals surface area contributed by atoms with E-state index < -0.39 is 0 Å². The molecular weight excluding hydrogens is 250 g/mol. The number of rotatable bonds is 4. The molecular formula is C17H27NO2. The molecule has 0 atom stereocenters. The number of aliphatic hydroxyl groups is 1. The molecule has 2 rings (SSSR count). The zero-order chi connectivity index (χ0) is 14.6. The summed E-state index contributed by atoms with van der Waals surface area (Å²) in [7, 11) is 0. The molecule has 1 fully saturated rings. The normalized spacial score (nSPS) is 18.2. The third-order valence-corrected chi connectivity index (χ3v) is 3.97. The minimum Gasteiger partial charge on any atom is -0.490 e. The molecule has 1 aromatic rings. The molecule has 0 unspecified atom stereocenters. The second-order valence-electron chi connectivity index (χ2n) is 6.66. The Hall–Kier alpha value is -1.06. The van der Waals surface area contributed by atoms with Gasteiger partial charge in [-0.15, -0.1) is 0 Å². The van der Waals surface area contributed by atoms with Gasteiger partial charge in [0.15, 0.2) is 0 Å².